The predicted octanol–water partition coefficient (Wildman–Crippen LogP) is 2.74. The molecule has 1 fully saturated rings. The molecule has 2 N–H and O–H groups in total. The van der Waals surface area contributed by atoms with Crippen molar-refractivity contribution in [1.29, 1.82) is 0 Å². The highest BCUT2D eigenvalue weighted by Crippen LogP contribution is 2.22. The topological polar surface area (TPSA) is 50.4 Å². The number of carbonyl (C=O) groups is 1. The molecule has 1 heterocycles. The van der Waals surface area contributed by atoms with Gasteiger partial charge in [0.05, 0.1) is 6.54 Å². The molecule has 0 aliphatic carbocycles. The van der Waals surface area contributed by atoms with Crippen LogP contribution in [-0.4, -0.2) is 31.6 Å². The van der Waals surface area contributed by atoms with Crippen LogP contribution < -0.4 is 15.4 Å². The fraction of sp³-hybridized carbons (Fsp3) is 0.611. The number of para-hydroxylation sites is 1. The Morgan fingerprint density at radius 3 is 2.91 bits per heavy atom. The Hall–Kier alpha value is -1.62. The molecule has 1 aliphatic rings. The lowest BCUT2D eigenvalue weighted by molar-refractivity contribution is -0.122. The van der Waals surface area contributed by atoms with Crippen molar-refractivity contribution in [3.63, 3.8) is 0 Å². The number of piperidine rings is 1. The lowest BCUT2D eigenvalue weighted by atomic mass is 9.85. The summed E-state index contributed by atoms with van der Waals surface area (Å²) in [6.45, 7) is 6.42. The van der Waals surface area contributed by atoms with E-state index in [1.165, 1.54) is 18.9 Å². The second kappa shape index (κ2) is 8.87. The number of hydrogen-bond donors (Lipinski definition) is 2. The molecular weight excluding hydrogens is 295 g/mol. The van der Waals surface area contributed by atoms with Gasteiger partial charge in [0.15, 0.2) is 11.6 Å². The van der Waals surface area contributed by atoms with Crippen molar-refractivity contribution in [2.75, 3.05) is 19.6 Å². The predicted molar refractivity (Wildman–Crippen MR) is 88.9 cm³/mol. The van der Waals surface area contributed by atoms with E-state index in [-0.39, 0.29) is 23.6 Å². The Morgan fingerprint density at radius 1 is 1.43 bits per heavy atom. The molecule has 0 aromatic heterocycles. The summed E-state index contributed by atoms with van der Waals surface area (Å²) in [6, 6.07) is 6.30. The fourth-order valence-electron chi connectivity index (χ4n) is 2.95. The molecule has 0 saturated carbocycles. The lowest BCUT2D eigenvalue weighted by Crippen LogP contribution is -2.37. The minimum Gasteiger partial charge on any atom is -0.486 e. The molecule has 1 amide bonds. The summed E-state index contributed by atoms with van der Waals surface area (Å²) in [4.78, 5) is 12.1. The smallest absolute Gasteiger partial charge is 0.220 e. The van der Waals surface area contributed by atoms with Crippen LogP contribution in [0, 0.1) is 17.7 Å². The zero-order valence-corrected chi connectivity index (χ0v) is 14.0. The molecule has 5 heteroatoms. The molecule has 3 atom stereocenters. The molecule has 0 spiro atoms. The van der Waals surface area contributed by atoms with E-state index in [0.29, 0.717) is 24.8 Å². The highest BCUT2D eigenvalue weighted by molar-refractivity contribution is 5.76. The molecule has 3 unspecified atom stereocenters. The molecule has 1 aromatic carbocycles. The zero-order valence-electron chi connectivity index (χ0n) is 14.0. The monoisotopic (exact) mass is 322 g/mol. The van der Waals surface area contributed by atoms with Gasteiger partial charge >= 0.3 is 0 Å². The first-order valence-corrected chi connectivity index (χ1v) is 8.45. The van der Waals surface area contributed by atoms with Gasteiger partial charge in [0.2, 0.25) is 5.91 Å². The molecule has 23 heavy (non-hydrogen) atoms. The number of halogens is 1. The van der Waals surface area contributed by atoms with Crippen LogP contribution in [0.5, 0.6) is 5.75 Å². The highest BCUT2D eigenvalue weighted by Gasteiger charge is 2.22. The Labute approximate surface area is 137 Å². The fourth-order valence-corrected chi connectivity index (χ4v) is 2.95. The van der Waals surface area contributed by atoms with Gasteiger partial charge in [-0.3, -0.25) is 4.79 Å². The first kappa shape index (κ1) is 17.7. The molecule has 0 radical (unpaired) electrons. The normalized spacial score (nSPS) is 20.6. The number of rotatable bonds is 7. The van der Waals surface area contributed by atoms with Gasteiger partial charge in [-0.25, -0.2) is 4.39 Å². The minimum absolute atomic E-state index is 0.0343. The Bertz CT molecular complexity index is 504. The number of hydrogen-bond acceptors (Lipinski definition) is 3. The van der Waals surface area contributed by atoms with Crippen LogP contribution in [0.25, 0.3) is 0 Å². The third-order valence-corrected chi connectivity index (χ3v) is 4.40. The van der Waals surface area contributed by atoms with Crippen LogP contribution in [0.3, 0.4) is 0 Å². The van der Waals surface area contributed by atoms with Gasteiger partial charge in [-0.05, 0) is 56.8 Å². The number of carbonyl (C=O) groups excluding carboxylic acids is 1. The van der Waals surface area contributed by atoms with Crippen LogP contribution in [0.1, 0.15) is 33.1 Å². The van der Waals surface area contributed by atoms with E-state index in [9.17, 15) is 9.18 Å². The molecule has 2 rings (SSSR count). The Morgan fingerprint density at radius 2 is 2.22 bits per heavy atom. The molecule has 128 valence electrons. The summed E-state index contributed by atoms with van der Waals surface area (Å²) in [7, 11) is 0. The number of amides is 1. The van der Waals surface area contributed by atoms with E-state index in [1.54, 1.807) is 18.2 Å². The Kier molecular flexibility index (Phi) is 6.84. The largest absolute Gasteiger partial charge is 0.486 e. The molecular formula is C18H27FN2O2. The minimum atomic E-state index is -0.385. The van der Waals surface area contributed by atoms with Crippen LogP contribution in [0.2, 0.25) is 0 Å². The van der Waals surface area contributed by atoms with E-state index in [0.717, 1.165) is 13.1 Å². The van der Waals surface area contributed by atoms with Gasteiger partial charge in [0.25, 0.3) is 0 Å². The van der Waals surface area contributed by atoms with Crippen molar-refractivity contribution in [1.82, 2.24) is 10.6 Å². The maximum absolute atomic E-state index is 13.5. The third-order valence-electron chi connectivity index (χ3n) is 4.40. The van der Waals surface area contributed by atoms with Gasteiger partial charge in [0, 0.05) is 6.42 Å². The molecule has 1 aromatic rings. The van der Waals surface area contributed by atoms with E-state index in [1.807, 2.05) is 6.92 Å². The van der Waals surface area contributed by atoms with Crippen molar-refractivity contribution >= 4 is 5.91 Å². The third kappa shape index (κ3) is 5.82. The van der Waals surface area contributed by atoms with Gasteiger partial charge in [-0.1, -0.05) is 19.1 Å². The van der Waals surface area contributed by atoms with Gasteiger partial charge in [-0.15, -0.1) is 0 Å². The van der Waals surface area contributed by atoms with E-state index in [4.69, 9.17) is 4.74 Å². The summed E-state index contributed by atoms with van der Waals surface area (Å²) >= 11 is 0. The van der Waals surface area contributed by atoms with Gasteiger partial charge in [-0.2, -0.15) is 0 Å². The standard InChI is InChI=1S/C18H27FN2O2/c1-13(15-6-5-9-20-12-15)10-18(22)21-11-14(2)23-17-8-4-3-7-16(17)19/h3-4,7-8,13-15,20H,5-6,9-12H2,1-2H3,(H,21,22). The number of benzene rings is 1. The summed E-state index contributed by atoms with van der Waals surface area (Å²) in [5.41, 5.74) is 0. The average Bonchev–Trinajstić information content (AvgIpc) is 2.56. The zero-order chi connectivity index (χ0) is 16.7. The van der Waals surface area contributed by atoms with Crippen LogP contribution in [0.4, 0.5) is 4.39 Å². The molecule has 4 nitrogen and oxygen atoms in total. The van der Waals surface area contributed by atoms with Crippen molar-refractivity contribution in [3.05, 3.63) is 30.1 Å². The number of ether oxygens (including phenoxy) is 1. The van der Waals surface area contributed by atoms with Crippen molar-refractivity contribution < 1.29 is 13.9 Å². The van der Waals surface area contributed by atoms with Gasteiger partial charge < -0.3 is 15.4 Å². The van der Waals surface area contributed by atoms with Crippen molar-refractivity contribution in [2.45, 2.75) is 39.2 Å². The average molecular weight is 322 g/mol. The lowest BCUT2D eigenvalue weighted by Gasteiger charge is -2.28. The van der Waals surface area contributed by atoms with Crippen molar-refractivity contribution in [2.24, 2.45) is 11.8 Å². The highest BCUT2D eigenvalue weighted by atomic mass is 19.1. The van der Waals surface area contributed by atoms with Crippen LogP contribution in [0.15, 0.2) is 24.3 Å². The second-order valence-corrected chi connectivity index (χ2v) is 6.45. The summed E-state index contributed by atoms with van der Waals surface area (Å²) in [6.07, 6.45) is 2.62. The first-order valence-electron chi connectivity index (χ1n) is 8.45. The maximum Gasteiger partial charge on any atom is 0.220 e. The SMILES string of the molecule is CC(CNC(=O)CC(C)C1CCCNC1)Oc1ccccc1F. The summed E-state index contributed by atoms with van der Waals surface area (Å²) < 4.78 is 19.0. The summed E-state index contributed by atoms with van der Waals surface area (Å²) in [5, 5.41) is 6.27. The van der Waals surface area contributed by atoms with Gasteiger partial charge in [0.1, 0.15) is 6.10 Å². The van der Waals surface area contributed by atoms with Crippen molar-refractivity contribution in [3.8, 4) is 5.75 Å². The van der Waals surface area contributed by atoms with Crippen LogP contribution in [-0.2, 0) is 4.79 Å². The quantitative estimate of drug-likeness (QED) is 0.811. The molecule has 1 saturated heterocycles. The number of nitrogens with one attached hydrogen (secondary N) is 2. The van der Waals surface area contributed by atoms with E-state index >= 15 is 0 Å². The van der Waals surface area contributed by atoms with E-state index in [2.05, 4.69) is 17.6 Å². The molecule has 0 bridgehead atoms. The Balaban J connectivity index is 1.70. The van der Waals surface area contributed by atoms with Crippen LogP contribution >= 0.6 is 0 Å². The first-order chi connectivity index (χ1) is 11.1. The molecule has 1 aliphatic heterocycles. The maximum atomic E-state index is 13.5. The second-order valence-electron chi connectivity index (χ2n) is 6.45. The van der Waals surface area contributed by atoms with E-state index < -0.39 is 0 Å². The summed E-state index contributed by atoms with van der Waals surface area (Å²) in [5.74, 6) is 0.805.